The van der Waals surface area contributed by atoms with E-state index in [-0.39, 0.29) is 27.9 Å². The van der Waals surface area contributed by atoms with E-state index in [9.17, 15) is 13.2 Å². The molecule has 0 aromatic heterocycles. The third-order valence-electron chi connectivity index (χ3n) is 5.20. The molecule has 1 aliphatic rings. The highest BCUT2D eigenvalue weighted by Crippen LogP contribution is 2.28. The molecule has 1 saturated heterocycles. The van der Waals surface area contributed by atoms with Crippen LogP contribution in [0, 0.1) is 11.3 Å². The van der Waals surface area contributed by atoms with Crippen LogP contribution in [-0.4, -0.2) is 43.2 Å². The Hall–Kier alpha value is -2.66. The van der Waals surface area contributed by atoms with Crippen LogP contribution in [0.4, 0.5) is 0 Å². The average Bonchev–Trinajstić information content (AvgIpc) is 2.79. The molecule has 1 heterocycles. The van der Waals surface area contributed by atoms with E-state index in [2.05, 4.69) is 12.6 Å². The van der Waals surface area contributed by atoms with Crippen molar-refractivity contribution in [1.82, 2.24) is 9.21 Å². The molecule has 0 N–H and O–H groups in total. The molecule has 6 nitrogen and oxygen atoms in total. The molecule has 162 valence electrons. The Morgan fingerprint density at radius 1 is 1.16 bits per heavy atom. The quantitative estimate of drug-likeness (QED) is 0.583. The molecule has 1 amide bonds. The van der Waals surface area contributed by atoms with Gasteiger partial charge >= 0.3 is 0 Å². The van der Waals surface area contributed by atoms with Crippen LogP contribution in [0.1, 0.15) is 40.7 Å². The number of benzene rings is 2. The van der Waals surface area contributed by atoms with Crippen LogP contribution in [0.3, 0.4) is 0 Å². The predicted octanol–water partition coefficient (Wildman–Crippen LogP) is 4.21. The van der Waals surface area contributed by atoms with Crippen LogP contribution >= 0.6 is 11.6 Å². The summed E-state index contributed by atoms with van der Waals surface area (Å²) in [4.78, 5) is 14.7. The van der Waals surface area contributed by atoms with Crippen LogP contribution < -0.4 is 0 Å². The number of amides is 1. The highest BCUT2D eigenvalue weighted by molar-refractivity contribution is 7.89. The summed E-state index contributed by atoms with van der Waals surface area (Å²) in [6, 6.07) is 13.4. The Kier molecular flexibility index (Phi) is 7.50. The van der Waals surface area contributed by atoms with Gasteiger partial charge in [-0.1, -0.05) is 36.2 Å². The molecular weight excluding hydrogens is 434 g/mol. The van der Waals surface area contributed by atoms with Gasteiger partial charge in [0.05, 0.1) is 16.7 Å². The summed E-state index contributed by atoms with van der Waals surface area (Å²) in [7, 11) is -3.77. The molecule has 1 aliphatic heterocycles. The maximum absolute atomic E-state index is 13.2. The minimum Gasteiger partial charge on any atom is -0.331 e. The highest BCUT2D eigenvalue weighted by atomic mass is 35.5. The fourth-order valence-electron chi connectivity index (χ4n) is 3.54. The van der Waals surface area contributed by atoms with Crippen molar-refractivity contribution >= 4 is 27.5 Å². The lowest BCUT2D eigenvalue weighted by molar-refractivity contribution is 0.0762. The summed E-state index contributed by atoms with van der Waals surface area (Å²) >= 11 is 6.23. The molecule has 31 heavy (non-hydrogen) atoms. The van der Waals surface area contributed by atoms with Crippen molar-refractivity contribution in [2.75, 3.05) is 19.6 Å². The lowest BCUT2D eigenvalue weighted by Gasteiger charge is -2.27. The highest BCUT2D eigenvalue weighted by Gasteiger charge is 2.29. The van der Waals surface area contributed by atoms with E-state index in [1.807, 2.05) is 0 Å². The van der Waals surface area contributed by atoms with E-state index < -0.39 is 10.0 Å². The van der Waals surface area contributed by atoms with E-state index in [0.29, 0.717) is 25.2 Å². The van der Waals surface area contributed by atoms with E-state index in [0.717, 1.165) is 24.8 Å². The van der Waals surface area contributed by atoms with Crippen molar-refractivity contribution in [3.8, 4) is 6.07 Å². The molecule has 0 unspecified atom stereocenters. The van der Waals surface area contributed by atoms with Crippen LogP contribution in [0.5, 0.6) is 0 Å². The number of sulfonamides is 1. The van der Waals surface area contributed by atoms with Crippen molar-refractivity contribution in [3.05, 3.63) is 76.8 Å². The number of hydrogen-bond acceptors (Lipinski definition) is 4. The molecular formula is C23H24ClN3O3S. The fraction of sp³-hybridized carbons (Fsp3) is 0.304. The van der Waals surface area contributed by atoms with E-state index in [4.69, 9.17) is 16.9 Å². The lowest BCUT2D eigenvalue weighted by Crippen LogP contribution is -2.36. The summed E-state index contributed by atoms with van der Waals surface area (Å²) in [6.07, 6.45) is 4.24. The molecule has 0 spiro atoms. The number of halogens is 1. The van der Waals surface area contributed by atoms with Gasteiger partial charge < -0.3 is 4.90 Å². The zero-order valence-electron chi connectivity index (χ0n) is 17.1. The number of hydrogen-bond donors (Lipinski definition) is 0. The molecule has 0 saturated carbocycles. The van der Waals surface area contributed by atoms with Crippen LogP contribution in [0.25, 0.3) is 0 Å². The van der Waals surface area contributed by atoms with Gasteiger partial charge in [0.1, 0.15) is 4.90 Å². The minimum atomic E-state index is -3.77. The first-order valence-corrected chi connectivity index (χ1v) is 11.9. The van der Waals surface area contributed by atoms with Gasteiger partial charge in [-0.15, -0.1) is 6.58 Å². The molecule has 8 heteroatoms. The maximum atomic E-state index is 13.2. The maximum Gasteiger partial charge on any atom is 0.254 e. The predicted molar refractivity (Wildman–Crippen MR) is 120 cm³/mol. The van der Waals surface area contributed by atoms with Gasteiger partial charge in [0.25, 0.3) is 5.91 Å². The summed E-state index contributed by atoms with van der Waals surface area (Å²) in [6.45, 7) is 5.22. The molecule has 0 atom stereocenters. The Morgan fingerprint density at radius 3 is 2.45 bits per heavy atom. The van der Waals surface area contributed by atoms with Gasteiger partial charge in [0.2, 0.25) is 10.0 Å². The van der Waals surface area contributed by atoms with Gasteiger partial charge in [-0.2, -0.15) is 9.57 Å². The summed E-state index contributed by atoms with van der Waals surface area (Å²) in [5, 5.41) is 9.05. The normalized spacial score (nSPS) is 14.6. The molecule has 2 aromatic rings. The van der Waals surface area contributed by atoms with Gasteiger partial charge in [0.15, 0.2) is 0 Å². The second kappa shape index (κ2) is 10.1. The van der Waals surface area contributed by atoms with Gasteiger partial charge in [-0.3, -0.25) is 4.79 Å². The van der Waals surface area contributed by atoms with Crippen LogP contribution in [0.15, 0.2) is 60.0 Å². The zero-order valence-corrected chi connectivity index (χ0v) is 18.7. The van der Waals surface area contributed by atoms with E-state index >= 15 is 0 Å². The topological polar surface area (TPSA) is 81.5 Å². The van der Waals surface area contributed by atoms with Gasteiger partial charge in [-0.25, -0.2) is 8.42 Å². The Morgan fingerprint density at radius 2 is 1.84 bits per heavy atom. The number of nitrogens with zero attached hydrogens (tertiary/aromatic N) is 3. The largest absolute Gasteiger partial charge is 0.331 e. The number of piperidine rings is 1. The summed E-state index contributed by atoms with van der Waals surface area (Å²) in [5.41, 5.74) is 1.63. The second-order valence-corrected chi connectivity index (χ2v) is 9.71. The third-order valence-corrected chi connectivity index (χ3v) is 7.58. The first-order valence-electron chi connectivity index (χ1n) is 10.1. The Labute approximate surface area is 188 Å². The average molecular weight is 458 g/mol. The lowest BCUT2D eigenvalue weighted by atomic mass is 10.1. The van der Waals surface area contributed by atoms with Gasteiger partial charge in [-0.05, 0) is 48.7 Å². The van der Waals surface area contributed by atoms with Crippen molar-refractivity contribution < 1.29 is 13.2 Å². The zero-order chi connectivity index (χ0) is 22.4. The number of rotatable bonds is 7. The molecule has 3 rings (SSSR count). The van der Waals surface area contributed by atoms with Gasteiger partial charge in [0, 0.05) is 31.7 Å². The SMILES string of the molecule is C=CCN(Cc1ccc(C#N)cc1)C(=O)c1ccc(Cl)c(S(=O)(=O)N2CCCCC2)c1. The Balaban J connectivity index is 1.88. The van der Waals surface area contributed by atoms with Crippen molar-refractivity contribution in [1.29, 1.82) is 5.26 Å². The van der Waals surface area contributed by atoms with E-state index in [1.54, 1.807) is 35.2 Å². The molecule has 0 bridgehead atoms. The third kappa shape index (κ3) is 5.34. The number of carbonyl (C=O) groups is 1. The smallest absolute Gasteiger partial charge is 0.254 e. The van der Waals surface area contributed by atoms with Crippen molar-refractivity contribution in [2.45, 2.75) is 30.7 Å². The summed E-state index contributed by atoms with van der Waals surface area (Å²) < 4.78 is 27.6. The standard InChI is InChI=1S/C23H24ClN3O3S/c1-2-12-26(17-19-8-6-18(16-25)7-9-19)23(28)20-10-11-21(24)22(15-20)31(29,30)27-13-4-3-5-14-27/h2,6-11,15H,1,3-5,12-14,17H2. The first-order chi connectivity index (χ1) is 14.9. The van der Waals surface area contributed by atoms with Crippen LogP contribution in [0.2, 0.25) is 5.02 Å². The molecule has 1 fully saturated rings. The fourth-order valence-corrected chi connectivity index (χ4v) is 5.56. The number of carbonyl (C=O) groups excluding carboxylic acids is 1. The van der Waals surface area contributed by atoms with Crippen molar-refractivity contribution in [2.24, 2.45) is 0 Å². The molecule has 0 radical (unpaired) electrons. The first kappa shape index (κ1) is 23.0. The minimum absolute atomic E-state index is 0.0427. The van der Waals surface area contributed by atoms with Crippen LogP contribution in [-0.2, 0) is 16.6 Å². The van der Waals surface area contributed by atoms with E-state index in [1.165, 1.54) is 22.5 Å². The molecule has 2 aromatic carbocycles. The van der Waals surface area contributed by atoms with Crippen molar-refractivity contribution in [3.63, 3.8) is 0 Å². The summed E-state index contributed by atoms with van der Waals surface area (Å²) in [5.74, 6) is -0.323. The Bertz CT molecular complexity index is 1100. The molecule has 0 aliphatic carbocycles. The second-order valence-electron chi connectivity index (χ2n) is 7.39. The number of nitriles is 1. The monoisotopic (exact) mass is 457 g/mol.